The van der Waals surface area contributed by atoms with Crippen LogP contribution in [0.25, 0.3) is 10.9 Å². The van der Waals surface area contributed by atoms with Gasteiger partial charge in [-0.2, -0.15) is 0 Å². The molecule has 3 rings (SSSR count). The Morgan fingerprint density at radius 2 is 1.93 bits per heavy atom. The number of carbonyl (C=O) groups excluding carboxylic acids is 1. The lowest BCUT2D eigenvalue weighted by Crippen LogP contribution is -2.23. The molecule has 0 amide bonds. The zero-order chi connectivity index (χ0) is 20.1. The van der Waals surface area contributed by atoms with Crippen LogP contribution >= 0.6 is 23.4 Å². The highest BCUT2D eigenvalue weighted by molar-refractivity contribution is 7.99. The minimum Gasteiger partial charge on any atom is -0.494 e. The Labute approximate surface area is 172 Å². The van der Waals surface area contributed by atoms with E-state index in [1.807, 2.05) is 13.8 Å². The topological polar surface area (TPSA) is 61.2 Å². The molecule has 0 N–H and O–H groups in total. The molecule has 7 heteroatoms. The maximum Gasteiger partial charge on any atom is 0.262 e. The van der Waals surface area contributed by atoms with Crippen LogP contribution in [0.15, 0.2) is 52.4 Å². The molecule has 1 aromatic heterocycles. The van der Waals surface area contributed by atoms with Gasteiger partial charge >= 0.3 is 0 Å². The molecule has 0 spiro atoms. The predicted octanol–water partition coefficient (Wildman–Crippen LogP) is 4.83. The SMILES string of the molecule is CCCn1c(SCC(=O)c2ccc(OCC)cc2)nc2cc(Cl)ccc2c1=O. The van der Waals surface area contributed by atoms with E-state index >= 15 is 0 Å². The number of hydrogen-bond donors (Lipinski definition) is 0. The Morgan fingerprint density at radius 3 is 2.61 bits per heavy atom. The Kier molecular flexibility index (Phi) is 6.75. The minimum atomic E-state index is -0.112. The summed E-state index contributed by atoms with van der Waals surface area (Å²) >= 11 is 7.31. The van der Waals surface area contributed by atoms with E-state index in [2.05, 4.69) is 4.98 Å². The second-order valence-electron chi connectivity index (χ2n) is 6.18. The highest BCUT2D eigenvalue weighted by Gasteiger charge is 2.14. The lowest BCUT2D eigenvalue weighted by molar-refractivity contribution is 0.102. The van der Waals surface area contributed by atoms with Gasteiger partial charge in [0.2, 0.25) is 0 Å². The molecule has 0 bridgehead atoms. The lowest BCUT2D eigenvalue weighted by Gasteiger charge is -2.12. The first-order chi connectivity index (χ1) is 13.5. The number of nitrogens with zero attached hydrogens (tertiary/aromatic N) is 2. The predicted molar refractivity (Wildman–Crippen MR) is 114 cm³/mol. The van der Waals surface area contributed by atoms with Gasteiger partial charge in [0.25, 0.3) is 5.56 Å². The van der Waals surface area contributed by atoms with Gasteiger partial charge in [-0.15, -0.1) is 0 Å². The third-order valence-electron chi connectivity index (χ3n) is 4.15. The van der Waals surface area contributed by atoms with Crippen molar-refractivity contribution in [1.82, 2.24) is 9.55 Å². The van der Waals surface area contributed by atoms with Crippen molar-refractivity contribution >= 4 is 40.0 Å². The van der Waals surface area contributed by atoms with Gasteiger partial charge in [-0.05, 0) is 55.8 Å². The summed E-state index contributed by atoms with van der Waals surface area (Å²) in [4.78, 5) is 30.0. The summed E-state index contributed by atoms with van der Waals surface area (Å²) in [6.07, 6.45) is 0.793. The highest BCUT2D eigenvalue weighted by Crippen LogP contribution is 2.22. The number of aromatic nitrogens is 2. The van der Waals surface area contributed by atoms with Crippen LogP contribution in [0, 0.1) is 0 Å². The average Bonchev–Trinajstić information content (AvgIpc) is 2.69. The van der Waals surface area contributed by atoms with Crippen molar-refractivity contribution in [2.45, 2.75) is 32.0 Å². The zero-order valence-corrected chi connectivity index (χ0v) is 17.3. The molecule has 0 fully saturated rings. The van der Waals surface area contributed by atoms with Gasteiger partial charge in [-0.3, -0.25) is 14.2 Å². The van der Waals surface area contributed by atoms with E-state index in [1.54, 1.807) is 47.0 Å². The van der Waals surface area contributed by atoms with Gasteiger partial charge in [-0.1, -0.05) is 30.3 Å². The number of thioether (sulfide) groups is 1. The van der Waals surface area contributed by atoms with Crippen molar-refractivity contribution in [3.05, 3.63) is 63.4 Å². The van der Waals surface area contributed by atoms with Crippen molar-refractivity contribution in [3.63, 3.8) is 0 Å². The fourth-order valence-electron chi connectivity index (χ4n) is 2.82. The fraction of sp³-hybridized carbons (Fsp3) is 0.286. The molecule has 2 aromatic carbocycles. The zero-order valence-electron chi connectivity index (χ0n) is 15.8. The number of hydrogen-bond acceptors (Lipinski definition) is 5. The third kappa shape index (κ3) is 4.56. The number of ketones is 1. The smallest absolute Gasteiger partial charge is 0.262 e. The molecule has 0 saturated heterocycles. The van der Waals surface area contributed by atoms with Gasteiger partial charge in [0.1, 0.15) is 5.75 Å². The quantitative estimate of drug-likeness (QED) is 0.299. The number of ether oxygens (including phenoxy) is 1. The average molecular weight is 417 g/mol. The number of carbonyl (C=O) groups is 1. The molecule has 0 unspecified atom stereocenters. The van der Waals surface area contributed by atoms with E-state index in [4.69, 9.17) is 16.3 Å². The molecule has 0 aliphatic heterocycles. The van der Waals surface area contributed by atoms with Crippen molar-refractivity contribution in [2.24, 2.45) is 0 Å². The second-order valence-corrected chi connectivity index (χ2v) is 7.56. The van der Waals surface area contributed by atoms with Gasteiger partial charge < -0.3 is 4.74 Å². The molecule has 3 aromatic rings. The highest BCUT2D eigenvalue weighted by atomic mass is 35.5. The first-order valence-electron chi connectivity index (χ1n) is 9.12. The molecular weight excluding hydrogens is 396 g/mol. The molecule has 0 aliphatic carbocycles. The maximum atomic E-state index is 12.8. The Balaban J connectivity index is 1.85. The first-order valence-corrected chi connectivity index (χ1v) is 10.5. The van der Waals surface area contributed by atoms with Gasteiger partial charge in [0.05, 0.1) is 23.3 Å². The van der Waals surface area contributed by atoms with Crippen molar-refractivity contribution < 1.29 is 9.53 Å². The number of rotatable bonds is 8. The van der Waals surface area contributed by atoms with Gasteiger partial charge in [0, 0.05) is 17.1 Å². The molecule has 0 atom stereocenters. The Hall–Kier alpha value is -2.31. The summed E-state index contributed by atoms with van der Waals surface area (Å²) in [5.41, 5.74) is 1.03. The van der Waals surface area contributed by atoms with Crippen LogP contribution in [0.3, 0.4) is 0 Å². The summed E-state index contributed by atoms with van der Waals surface area (Å²) in [6, 6.07) is 12.1. The van der Waals surface area contributed by atoms with E-state index in [1.165, 1.54) is 11.8 Å². The number of benzene rings is 2. The first kappa shape index (κ1) is 20.4. The monoisotopic (exact) mass is 416 g/mol. The van der Waals surface area contributed by atoms with Crippen LogP contribution in [0.2, 0.25) is 5.02 Å². The molecule has 0 radical (unpaired) electrons. The van der Waals surface area contributed by atoms with Gasteiger partial charge in [-0.25, -0.2) is 4.98 Å². The van der Waals surface area contributed by atoms with Crippen LogP contribution in [0.4, 0.5) is 0 Å². The third-order valence-corrected chi connectivity index (χ3v) is 5.36. The Bertz CT molecular complexity index is 1050. The normalized spacial score (nSPS) is 11.0. The van der Waals surface area contributed by atoms with Crippen LogP contribution in [-0.2, 0) is 6.54 Å². The van der Waals surface area contributed by atoms with Crippen molar-refractivity contribution in [2.75, 3.05) is 12.4 Å². The molecule has 5 nitrogen and oxygen atoms in total. The molecule has 28 heavy (non-hydrogen) atoms. The van der Waals surface area contributed by atoms with Crippen LogP contribution in [0.1, 0.15) is 30.6 Å². The maximum absolute atomic E-state index is 12.8. The summed E-state index contributed by atoms with van der Waals surface area (Å²) in [5.74, 6) is 0.893. The summed E-state index contributed by atoms with van der Waals surface area (Å²) in [5, 5.41) is 1.58. The van der Waals surface area contributed by atoms with E-state index < -0.39 is 0 Å². The molecule has 1 heterocycles. The van der Waals surface area contributed by atoms with Crippen LogP contribution in [-0.4, -0.2) is 27.7 Å². The molecular formula is C21H21ClN2O3S. The number of fused-ring (bicyclic) bond motifs is 1. The lowest BCUT2D eigenvalue weighted by atomic mass is 10.1. The van der Waals surface area contributed by atoms with Crippen molar-refractivity contribution in [1.29, 1.82) is 0 Å². The molecule has 0 saturated carbocycles. The van der Waals surface area contributed by atoms with E-state index in [9.17, 15) is 9.59 Å². The molecule has 146 valence electrons. The van der Waals surface area contributed by atoms with Gasteiger partial charge in [0.15, 0.2) is 10.9 Å². The second kappa shape index (κ2) is 9.26. The number of Topliss-reactive ketones (excluding diaryl/α,β-unsaturated/α-hetero) is 1. The van der Waals surface area contributed by atoms with Crippen LogP contribution in [0.5, 0.6) is 5.75 Å². The molecule has 0 aliphatic rings. The van der Waals surface area contributed by atoms with E-state index in [0.29, 0.717) is 39.8 Å². The van der Waals surface area contributed by atoms with E-state index in [0.717, 1.165) is 12.2 Å². The van der Waals surface area contributed by atoms with Crippen molar-refractivity contribution in [3.8, 4) is 5.75 Å². The standard InChI is InChI=1S/C21H21ClN2O3S/c1-3-11-24-20(26)17-10-7-15(22)12-18(17)23-21(24)28-13-19(25)14-5-8-16(9-6-14)27-4-2/h5-10,12H,3-4,11,13H2,1-2H3. The van der Waals surface area contributed by atoms with Crippen LogP contribution < -0.4 is 10.3 Å². The fourth-order valence-corrected chi connectivity index (χ4v) is 3.91. The summed E-state index contributed by atoms with van der Waals surface area (Å²) in [7, 11) is 0. The summed E-state index contributed by atoms with van der Waals surface area (Å²) in [6.45, 7) is 5.03. The summed E-state index contributed by atoms with van der Waals surface area (Å²) < 4.78 is 7.03. The largest absolute Gasteiger partial charge is 0.494 e. The number of halogens is 1. The Morgan fingerprint density at radius 1 is 1.18 bits per heavy atom. The van der Waals surface area contributed by atoms with E-state index in [-0.39, 0.29) is 17.1 Å². The minimum absolute atomic E-state index is 0.0310.